The number of methoxy groups -OCH3 is 1. The van der Waals surface area contributed by atoms with Crippen LogP contribution in [0.25, 0.3) is 0 Å². The van der Waals surface area contributed by atoms with E-state index in [-0.39, 0.29) is 55.7 Å². The van der Waals surface area contributed by atoms with Crippen LogP contribution in [0, 0.1) is 30.6 Å². The van der Waals surface area contributed by atoms with Crippen LogP contribution < -0.4 is 14.8 Å². The Bertz CT molecular complexity index is 2280. The van der Waals surface area contributed by atoms with Crippen molar-refractivity contribution in [2.45, 2.75) is 97.9 Å². The number of halogens is 1. The first kappa shape index (κ1) is 46.4. The van der Waals surface area contributed by atoms with Crippen molar-refractivity contribution in [2.75, 3.05) is 20.2 Å². The zero-order chi connectivity index (χ0) is 45.4. The van der Waals surface area contributed by atoms with Crippen molar-refractivity contribution >= 4 is 40.8 Å². The lowest BCUT2D eigenvalue weighted by Gasteiger charge is -2.36. The highest BCUT2D eigenvalue weighted by Crippen LogP contribution is 2.50. The fraction of sp³-hybridized carbons (Fsp3) is 0.468. The molecule has 5 bridgehead atoms. The molecular formula is C47H55ClN2O12. The molecule has 7 rings (SSSR count). The summed E-state index contributed by atoms with van der Waals surface area (Å²) in [4.78, 5) is 74.5. The number of fused-ring (bicyclic) bond motifs is 14. The molecule has 0 spiro atoms. The summed E-state index contributed by atoms with van der Waals surface area (Å²) in [5.41, 5.74) is -1.42. The molecule has 1 saturated heterocycles. The highest BCUT2D eigenvalue weighted by Gasteiger charge is 2.53. The molecular weight excluding hydrogens is 820 g/mol. The van der Waals surface area contributed by atoms with Crippen LogP contribution in [-0.4, -0.2) is 99.8 Å². The number of Topliss-reactive ketones (excluding diaryl/α,β-unsaturated/α-hetero) is 3. The van der Waals surface area contributed by atoms with E-state index in [4.69, 9.17) is 30.5 Å². The number of nitrogens with zero attached hydrogens (tertiary/aromatic N) is 1. The van der Waals surface area contributed by atoms with Crippen LogP contribution in [0.1, 0.15) is 108 Å². The zero-order valence-electron chi connectivity index (χ0n) is 36.2. The Balaban J connectivity index is 1.56. The molecule has 0 radical (unpaired) electrons. The molecule has 9 atom stereocenters. The van der Waals surface area contributed by atoms with E-state index in [1.165, 1.54) is 58.4 Å². The quantitative estimate of drug-likeness (QED) is 0.205. The first-order valence-corrected chi connectivity index (χ1v) is 21.3. The molecule has 4 heterocycles. The number of aliphatic hydroxyl groups is 3. The smallest absolute Gasteiger partial charge is 0.345 e. The van der Waals surface area contributed by atoms with Crippen molar-refractivity contribution < 1.29 is 58.2 Å². The molecule has 0 aromatic heterocycles. The second-order valence-corrected chi connectivity index (χ2v) is 17.2. The molecule has 2 aromatic rings. The van der Waals surface area contributed by atoms with Gasteiger partial charge in [0.15, 0.2) is 0 Å². The molecule has 14 nitrogen and oxygen atoms in total. The predicted molar refractivity (Wildman–Crippen MR) is 229 cm³/mol. The molecule has 0 unspecified atom stereocenters. The molecule has 0 saturated carbocycles. The highest BCUT2D eigenvalue weighted by atomic mass is 35.5. The maximum absolute atomic E-state index is 15.2. The third kappa shape index (κ3) is 8.63. The minimum atomic E-state index is -2.12. The van der Waals surface area contributed by atoms with Gasteiger partial charge < -0.3 is 44.5 Å². The number of carbonyl (C=O) groups is 5. The van der Waals surface area contributed by atoms with Crippen LogP contribution in [0.3, 0.4) is 0 Å². The molecule has 62 heavy (non-hydrogen) atoms. The summed E-state index contributed by atoms with van der Waals surface area (Å²) in [5, 5.41) is 36.8. The molecule has 1 aliphatic carbocycles. The van der Waals surface area contributed by atoms with Gasteiger partial charge in [-0.05, 0) is 51.3 Å². The van der Waals surface area contributed by atoms with Crippen molar-refractivity contribution in [1.82, 2.24) is 10.2 Å². The number of amides is 1. The highest BCUT2D eigenvalue weighted by molar-refractivity contribution is 6.34. The maximum Gasteiger partial charge on any atom is 0.345 e. The number of carbonyl (C=O) groups excluding carboxylic acids is 5. The second-order valence-electron chi connectivity index (χ2n) is 16.8. The van der Waals surface area contributed by atoms with E-state index in [0.29, 0.717) is 25.9 Å². The summed E-state index contributed by atoms with van der Waals surface area (Å²) in [7, 11) is 1.42. The summed E-state index contributed by atoms with van der Waals surface area (Å²) in [6, 6.07) is 6.10. The number of rotatable bonds is 4. The normalized spacial score (nSPS) is 31.7. The van der Waals surface area contributed by atoms with Crippen molar-refractivity contribution in [3.05, 3.63) is 105 Å². The van der Waals surface area contributed by atoms with Crippen molar-refractivity contribution in [3.8, 4) is 11.5 Å². The van der Waals surface area contributed by atoms with Gasteiger partial charge in [-0.15, -0.1) is 0 Å². The minimum absolute atomic E-state index is 0.0217. The summed E-state index contributed by atoms with van der Waals surface area (Å²) >= 11 is 6.37. The monoisotopic (exact) mass is 874 g/mol. The number of aliphatic hydroxyl groups excluding tert-OH is 3. The lowest BCUT2D eigenvalue weighted by molar-refractivity contribution is -0.116. The predicted octanol–water partition coefficient (Wildman–Crippen LogP) is 6.04. The van der Waals surface area contributed by atoms with Gasteiger partial charge in [-0.2, -0.15) is 0 Å². The van der Waals surface area contributed by atoms with Gasteiger partial charge >= 0.3 is 11.8 Å². The fourth-order valence-corrected chi connectivity index (χ4v) is 8.81. The Kier molecular flexibility index (Phi) is 14.0. The molecule has 4 aliphatic heterocycles. The maximum atomic E-state index is 15.2. The van der Waals surface area contributed by atoms with E-state index in [1.54, 1.807) is 56.9 Å². The average molecular weight is 875 g/mol. The Morgan fingerprint density at radius 2 is 1.52 bits per heavy atom. The average Bonchev–Trinajstić information content (AvgIpc) is 3.52. The Labute approximate surface area is 366 Å². The van der Waals surface area contributed by atoms with Crippen LogP contribution in [-0.2, 0) is 14.3 Å². The van der Waals surface area contributed by atoms with Gasteiger partial charge in [-0.3, -0.25) is 19.2 Å². The Hall–Kier alpha value is -5.12. The van der Waals surface area contributed by atoms with Crippen LogP contribution in [0.15, 0.2) is 71.8 Å². The standard InChI is InChI=1S/C47H55ClN2O12/c1-23-15-14-16-24(2)45(57)49-35-36(50-20-12-9-13-21-50)41(55)32-33(40(35)54)42(61-46(58)29-17-10-11-18-30(29)48)28(6)43-34(32)44(56)47(7,62-43)60-22-19-31(59-8)25(3)38(52)27(5)39(53)26(4)37(23)51/h10-11,14-19,22-23,25-27,31,37-39,51-53H,9,12-13,20-21H2,1-8H3,(H,49,57)/b15-14+,22-19+,24-16-/t23-,25+,26+,27+,31-,37-,38+,39-,47-/m0/s1. The van der Waals surface area contributed by atoms with Gasteiger partial charge in [0.25, 0.3) is 11.7 Å². The molecule has 15 heteroatoms. The third-order valence-electron chi connectivity index (χ3n) is 12.6. The number of nitrogens with one attached hydrogen (secondary N) is 1. The summed E-state index contributed by atoms with van der Waals surface area (Å²) in [6.45, 7) is 11.9. The number of likely N-dealkylation sites (tertiary alicyclic amines) is 1. The summed E-state index contributed by atoms with van der Waals surface area (Å²) in [5.74, 6) is -9.35. The number of hydrogen-bond acceptors (Lipinski definition) is 13. The molecule has 1 fully saturated rings. The van der Waals surface area contributed by atoms with E-state index in [2.05, 4.69) is 5.32 Å². The largest absolute Gasteiger partial charge is 0.454 e. The fourth-order valence-electron chi connectivity index (χ4n) is 8.59. The van der Waals surface area contributed by atoms with Gasteiger partial charge in [0.05, 0.1) is 58.0 Å². The van der Waals surface area contributed by atoms with E-state index in [9.17, 15) is 29.7 Å². The summed E-state index contributed by atoms with van der Waals surface area (Å²) in [6.07, 6.45) is 5.50. The van der Waals surface area contributed by atoms with Gasteiger partial charge in [-0.1, -0.05) is 69.7 Å². The van der Waals surface area contributed by atoms with Crippen LogP contribution in [0.5, 0.6) is 11.5 Å². The molecule has 1 amide bonds. The van der Waals surface area contributed by atoms with E-state index in [1.807, 2.05) is 0 Å². The SMILES string of the molecule is CO[C@H]1/C=C/O[C@@]2(C)Oc3c(C)c(OC(=O)c4ccccc4Cl)c4c(c3C2=O)C(=O)C(N2CCCCC2)=C(NC(=O)/C(C)=C\C=C\[C@H](C)[C@H](O)[C@@H](C)[C@H](O)[C@H](C)[C@H](O)[C@@H]1C)C4=O. The molecule has 2 aromatic carbocycles. The van der Waals surface area contributed by atoms with E-state index < -0.39 is 88.7 Å². The van der Waals surface area contributed by atoms with E-state index >= 15 is 9.59 Å². The molecule has 332 valence electrons. The number of allylic oxidation sites excluding steroid dienone is 4. The second kappa shape index (κ2) is 18.7. The van der Waals surface area contributed by atoms with Crippen molar-refractivity contribution in [1.29, 1.82) is 0 Å². The van der Waals surface area contributed by atoms with Crippen molar-refractivity contribution in [2.24, 2.45) is 23.7 Å². The topological polar surface area (TPSA) is 198 Å². The van der Waals surface area contributed by atoms with Gasteiger partial charge in [0.2, 0.25) is 11.6 Å². The minimum Gasteiger partial charge on any atom is -0.454 e. The molecule has 5 aliphatic rings. The van der Waals surface area contributed by atoms with E-state index in [0.717, 1.165) is 6.42 Å². The first-order chi connectivity index (χ1) is 29.3. The van der Waals surface area contributed by atoms with Crippen LogP contribution >= 0.6 is 11.6 Å². The van der Waals surface area contributed by atoms with Crippen molar-refractivity contribution in [3.63, 3.8) is 0 Å². The number of benzene rings is 2. The van der Waals surface area contributed by atoms with Gasteiger partial charge in [-0.25, -0.2) is 4.79 Å². The van der Waals surface area contributed by atoms with Crippen LogP contribution in [0.2, 0.25) is 5.02 Å². The van der Waals surface area contributed by atoms with Gasteiger partial charge in [0, 0.05) is 61.9 Å². The Morgan fingerprint density at radius 1 is 0.871 bits per heavy atom. The molecule has 4 N–H and O–H groups in total. The number of ether oxygens (including phenoxy) is 4. The lowest BCUT2D eigenvalue weighted by atomic mass is 9.78. The Morgan fingerprint density at radius 3 is 2.18 bits per heavy atom. The number of piperidine rings is 1. The zero-order valence-corrected chi connectivity index (χ0v) is 36.9. The van der Waals surface area contributed by atoms with Gasteiger partial charge in [0.1, 0.15) is 22.9 Å². The number of hydrogen-bond donors (Lipinski definition) is 4. The van der Waals surface area contributed by atoms with Crippen LogP contribution in [0.4, 0.5) is 0 Å². The first-order valence-electron chi connectivity index (χ1n) is 20.9. The number of esters is 1. The summed E-state index contributed by atoms with van der Waals surface area (Å²) < 4.78 is 23.9. The third-order valence-corrected chi connectivity index (χ3v) is 12.9. The lowest BCUT2D eigenvalue weighted by Crippen LogP contribution is -2.45. The number of ketones is 3.